The van der Waals surface area contributed by atoms with Gasteiger partial charge in [0.15, 0.2) is 5.82 Å². The van der Waals surface area contributed by atoms with Crippen molar-refractivity contribution in [2.45, 2.75) is 52.9 Å². The van der Waals surface area contributed by atoms with Crippen LogP contribution in [0.3, 0.4) is 0 Å². The molecule has 0 saturated heterocycles. The minimum absolute atomic E-state index is 0.120. The van der Waals surface area contributed by atoms with E-state index < -0.39 is 0 Å². The third kappa shape index (κ3) is 3.55. The first-order chi connectivity index (χ1) is 8.68. The van der Waals surface area contributed by atoms with Gasteiger partial charge in [0.25, 0.3) is 0 Å². The molecular weight excluding hydrogens is 242 g/mol. The molecule has 0 amide bonds. The Kier molecular flexibility index (Phi) is 4.71. The summed E-state index contributed by atoms with van der Waals surface area (Å²) in [4.78, 5) is 16.6. The Balaban J connectivity index is 3.17. The van der Waals surface area contributed by atoms with Crippen LogP contribution >= 0.6 is 0 Å². The average Bonchev–Trinajstić information content (AvgIpc) is 2.60. The van der Waals surface area contributed by atoms with Crippen molar-refractivity contribution < 1.29 is 9.53 Å². The topological polar surface area (TPSA) is 57.0 Å². The van der Waals surface area contributed by atoms with Crippen LogP contribution < -0.4 is 0 Å². The zero-order chi connectivity index (χ0) is 14.8. The Morgan fingerprint density at radius 2 is 1.95 bits per heavy atom. The summed E-state index contributed by atoms with van der Waals surface area (Å²) in [5, 5.41) is 4.43. The summed E-state index contributed by atoms with van der Waals surface area (Å²) in [7, 11) is 1.83. The quantitative estimate of drug-likeness (QED) is 0.786. The summed E-state index contributed by atoms with van der Waals surface area (Å²) in [6.45, 7) is 12.3. The zero-order valence-corrected chi connectivity index (χ0v) is 13.0. The van der Waals surface area contributed by atoms with Gasteiger partial charge < -0.3 is 4.74 Å². The maximum absolute atomic E-state index is 12.1. The van der Waals surface area contributed by atoms with Crippen molar-refractivity contribution in [3.05, 3.63) is 11.6 Å². The lowest BCUT2D eigenvalue weighted by Crippen LogP contribution is -2.24. The highest BCUT2D eigenvalue weighted by Gasteiger charge is 2.32. The number of ether oxygens (including phenoxy) is 1. The van der Waals surface area contributed by atoms with Crippen molar-refractivity contribution >= 4 is 5.97 Å². The van der Waals surface area contributed by atoms with Gasteiger partial charge in [0, 0.05) is 12.5 Å². The van der Waals surface area contributed by atoms with Gasteiger partial charge in [-0.15, -0.1) is 0 Å². The largest absolute Gasteiger partial charge is 0.465 e. The molecule has 0 fully saturated rings. The van der Waals surface area contributed by atoms with Gasteiger partial charge in [0.05, 0.1) is 6.61 Å². The maximum atomic E-state index is 12.1. The molecule has 1 unspecified atom stereocenters. The molecule has 108 valence electrons. The van der Waals surface area contributed by atoms with Crippen molar-refractivity contribution in [2.75, 3.05) is 6.61 Å². The predicted octanol–water partition coefficient (Wildman–Crippen LogP) is 2.42. The van der Waals surface area contributed by atoms with Crippen molar-refractivity contribution in [1.82, 2.24) is 14.8 Å². The monoisotopic (exact) mass is 267 g/mol. The number of carbonyl (C=O) groups excluding carboxylic acids is 1. The third-order valence-electron chi connectivity index (χ3n) is 2.95. The highest BCUT2D eigenvalue weighted by Crippen LogP contribution is 2.27. The maximum Gasteiger partial charge on any atom is 0.316 e. The third-order valence-corrected chi connectivity index (χ3v) is 2.95. The Morgan fingerprint density at radius 3 is 2.32 bits per heavy atom. The summed E-state index contributed by atoms with van der Waals surface area (Å²) in [5.41, 5.74) is -0.133. The fourth-order valence-electron chi connectivity index (χ4n) is 1.89. The summed E-state index contributed by atoms with van der Waals surface area (Å²) in [6.07, 6.45) is 0. The molecule has 1 heterocycles. The molecule has 0 saturated carbocycles. The van der Waals surface area contributed by atoms with Gasteiger partial charge >= 0.3 is 5.97 Å². The van der Waals surface area contributed by atoms with Gasteiger partial charge in [0.1, 0.15) is 11.7 Å². The van der Waals surface area contributed by atoms with Gasteiger partial charge in [-0.2, -0.15) is 5.10 Å². The number of carbonyl (C=O) groups is 1. The second-order valence-corrected chi connectivity index (χ2v) is 6.14. The first-order valence-electron chi connectivity index (χ1n) is 6.76. The van der Waals surface area contributed by atoms with Crippen LogP contribution in [0.1, 0.15) is 59.1 Å². The molecule has 0 bridgehead atoms. The molecular formula is C14H25N3O2. The Bertz CT molecular complexity index is 444. The summed E-state index contributed by atoms with van der Waals surface area (Å²) >= 11 is 0. The fraction of sp³-hybridized carbons (Fsp3) is 0.786. The summed E-state index contributed by atoms with van der Waals surface area (Å²) in [6, 6.07) is 0. The van der Waals surface area contributed by atoms with Gasteiger partial charge in [0.2, 0.25) is 0 Å². The minimum Gasteiger partial charge on any atom is -0.465 e. The van der Waals surface area contributed by atoms with Crippen molar-refractivity contribution in [1.29, 1.82) is 0 Å². The Morgan fingerprint density at radius 1 is 1.37 bits per heavy atom. The standard InChI is InChI=1S/C14H25N3O2/c1-8-19-12(18)10(9(2)3)11-15-13(14(4,5)6)16-17(11)7/h9-10H,8H2,1-7H3. The van der Waals surface area contributed by atoms with Crippen LogP contribution in [-0.2, 0) is 22.0 Å². The van der Waals surface area contributed by atoms with E-state index >= 15 is 0 Å². The number of aryl methyl sites for hydroxylation is 1. The fourth-order valence-corrected chi connectivity index (χ4v) is 1.89. The number of hydrogen-bond acceptors (Lipinski definition) is 4. The summed E-state index contributed by atoms with van der Waals surface area (Å²) < 4.78 is 6.85. The van der Waals surface area contributed by atoms with Crippen LogP contribution in [0, 0.1) is 5.92 Å². The zero-order valence-electron chi connectivity index (χ0n) is 13.0. The van der Waals surface area contributed by atoms with E-state index in [9.17, 15) is 4.79 Å². The van der Waals surface area contributed by atoms with E-state index in [1.165, 1.54) is 0 Å². The van der Waals surface area contributed by atoms with E-state index in [2.05, 4.69) is 30.9 Å². The number of nitrogens with zero attached hydrogens (tertiary/aromatic N) is 3. The molecule has 0 radical (unpaired) electrons. The highest BCUT2D eigenvalue weighted by molar-refractivity contribution is 5.77. The molecule has 1 aromatic heterocycles. The molecule has 5 heteroatoms. The molecule has 0 aliphatic rings. The SMILES string of the molecule is CCOC(=O)C(c1nc(C(C)(C)C)nn1C)C(C)C. The molecule has 1 aromatic rings. The molecule has 19 heavy (non-hydrogen) atoms. The second kappa shape index (κ2) is 5.72. The van der Waals surface area contributed by atoms with Gasteiger partial charge in [-0.3, -0.25) is 9.48 Å². The van der Waals surface area contributed by atoms with Crippen LogP contribution in [-0.4, -0.2) is 27.3 Å². The Hall–Kier alpha value is -1.39. The minimum atomic E-state index is -0.367. The van der Waals surface area contributed by atoms with Gasteiger partial charge in [-0.1, -0.05) is 34.6 Å². The molecule has 1 atom stereocenters. The van der Waals surface area contributed by atoms with Crippen LogP contribution in [0.2, 0.25) is 0 Å². The van der Waals surface area contributed by atoms with E-state index in [0.29, 0.717) is 12.4 Å². The normalized spacial score (nSPS) is 13.7. The first kappa shape index (κ1) is 15.7. The van der Waals surface area contributed by atoms with E-state index in [4.69, 9.17) is 4.74 Å². The van der Waals surface area contributed by atoms with E-state index in [0.717, 1.165) is 5.82 Å². The number of hydrogen-bond donors (Lipinski definition) is 0. The van der Waals surface area contributed by atoms with E-state index in [1.54, 1.807) is 4.68 Å². The lowest BCUT2D eigenvalue weighted by molar-refractivity contribution is -0.146. The van der Waals surface area contributed by atoms with Gasteiger partial charge in [-0.05, 0) is 12.8 Å². The van der Waals surface area contributed by atoms with Crippen molar-refractivity contribution in [2.24, 2.45) is 13.0 Å². The smallest absolute Gasteiger partial charge is 0.316 e. The van der Waals surface area contributed by atoms with Crippen LogP contribution in [0.25, 0.3) is 0 Å². The molecule has 0 spiro atoms. The molecule has 5 nitrogen and oxygen atoms in total. The Labute approximate surface area is 115 Å². The second-order valence-electron chi connectivity index (χ2n) is 6.14. The molecule has 0 aliphatic carbocycles. The molecule has 0 aliphatic heterocycles. The molecule has 1 rings (SSSR count). The van der Waals surface area contributed by atoms with Crippen LogP contribution in [0.5, 0.6) is 0 Å². The lowest BCUT2D eigenvalue weighted by Gasteiger charge is -2.18. The predicted molar refractivity (Wildman–Crippen MR) is 73.9 cm³/mol. The van der Waals surface area contributed by atoms with E-state index in [1.807, 2.05) is 27.8 Å². The van der Waals surface area contributed by atoms with Crippen molar-refractivity contribution in [3.63, 3.8) is 0 Å². The number of aromatic nitrogens is 3. The van der Waals surface area contributed by atoms with Crippen LogP contribution in [0.4, 0.5) is 0 Å². The highest BCUT2D eigenvalue weighted by atomic mass is 16.5. The molecule has 0 aromatic carbocycles. The van der Waals surface area contributed by atoms with Crippen molar-refractivity contribution in [3.8, 4) is 0 Å². The van der Waals surface area contributed by atoms with Crippen LogP contribution in [0.15, 0.2) is 0 Å². The lowest BCUT2D eigenvalue weighted by atomic mass is 9.94. The number of esters is 1. The molecule has 0 N–H and O–H groups in total. The number of rotatable bonds is 4. The van der Waals surface area contributed by atoms with E-state index in [-0.39, 0.29) is 23.2 Å². The first-order valence-corrected chi connectivity index (χ1v) is 6.76. The van der Waals surface area contributed by atoms with Gasteiger partial charge in [-0.25, -0.2) is 4.98 Å². The average molecular weight is 267 g/mol. The summed E-state index contributed by atoms with van der Waals surface area (Å²) in [5.74, 6) is 0.954.